The number of sulfone groups is 1. The highest BCUT2D eigenvalue weighted by Gasteiger charge is 2.56. The van der Waals surface area contributed by atoms with E-state index in [1.165, 1.54) is 10.6 Å². The number of aromatic nitrogens is 6. The van der Waals surface area contributed by atoms with Crippen LogP contribution in [-0.4, -0.2) is 142 Å². The first kappa shape index (κ1) is 44.9. The number of nitrogens with one attached hydrogen (secondary N) is 1. The quantitative estimate of drug-likeness (QED) is 0.0364. The fourth-order valence-electron chi connectivity index (χ4n) is 6.14. The van der Waals surface area contributed by atoms with Crippen molar-refractivity contribution in [2.45, 2.75) is 73.9 Å². The molecule has 2 aliphatic rings. The van der Waals surface area contributed by atoms with Crippen molar-refractivity contribution in [1.29, 1.82) is 0 Å². The van der Waals surface area contributed by atoms with Crippen LogP contribution in [-0.2, 0) is 51.8 Å². The van der Waals surface area contributed by atoms with Crippen LogP contribution >= 0.6 is 15.4 Å². The van der Waals surface area contributed by atoms with Gasteiger partial charge in [0.2, 0.25) is 5.91 Å². The van der Waals surface area contributed by atoms with Gasteiger partial charge in [0.15, 0.2) is 30.0 Å². The number of hydrogen-bond acceptors (Lipinski definition) is 20. The van der Waals surface area contributed by atoms with Gasteiger partial charge in [-0.2, -0.15) is 4.98 Å². The number of nitrogens with two attached hydrogens (primary N) is 2. The van der Waals surface area contributed by atoms with E-state index in [4.69, 9.17) is 30.2 Å². The van der Waals surface area contributed by atoms with Crippen LogP contribution in [0.3, 0.4) is 0 Å². The normalized spacial score (nSPS) is 26.6. The summed E-state index contributed by atoms with van der Waals surface area (Å²) < 4.78 is 78.5. The van der Waals surface area contributed by atoms with E-state index in [0.29, 0.717) is 4.57 Å². The van der Waals surface area contributed by atoms with Crippen LogP contribution in [0, 0.1) is 0 Å². The summed E-state index contributed by atoms with van der Waals surface area (Å²) in [7, 11) is -14.2. The van der Waals surface area contributed by atoms with Gasteiger partial charge in [-0.15, -0.1) is 6.58 Å². The van der Waals surface area contributed by atoms with E-state index < -0.39 is 123 Å². The maximum Gasteiger partial charge on any atom is 0.469 e. The van der Waals surface area contributed by atoms with E-state index in [1.54, 1.807) is 0 Å². The Labute approximate surface area is 327 Å². The number of rotatable bonds is 18. The van der Waals surface area contributed by atoms with Crippen molar-refractivity contribution >= 4 is 59.9 Å². The van der Waals surface area contributed by atoms with Crippen molar-refractivity contribution in [3.8, 4) is 0 Å². The zero-order chi connectivity index (χ0) is 42.7. The Morgan fingerprint density at radius 2 is 1.72 bits per heavy atom. The van der Waals surface area contributed by atoms with E-state index in [9.17, 15) is 56.8 Å². The molecule has 10 atom stereocenters. The molecule has 3 aromatic rings. The maximum absolute atomic E-state index is 14.0. The molecular weight excluding hydrogens is 840 g/mol. The lowest BCUT2D eigenvalue weighted by atomic mass is 10.1. The summed E-state index contributed by atoms with van der Waals surface area (Å²) in [5.74, 6) is -2.73. The number of phosphoric acid groups is 1. The minimum absolute atomic E-state index is 0.0362. The van der Waals surface area contributed by atoms with Crippen molar-refractivity contribution in [3.63, 3.8) is 0 Å². The topological polar surface area (TPSA) is 392 Å². The van der Waals surface area contributed by atoms with Gasteiger partial charge in [0.25, 0.3) is 0 Å². The largest absolute Gasteiger partial charge is 0.469 e. The lowest BCUT2D eigenvalue weighted by Crippen LogP contribution is -2.47. The van der Waals surface area contributed by atoms with E-state index in [-0.39, 0.29) is 35.6 Å². The first-order chi connectivity index (χ1) is 27.1. The van der Waals surface area contributed by atoms with E-state index in [1.807, 2.05) is 0 Å². The van der Waals surface area contributed by atoms with Crippen molar-refractivity contribution in [1.82, 2.24) is 34.4 Å². The van der Waals surface area contributed by atoms with Crippen molar-refractivity contribution in [3.05, 3.63) is 48.1 Å². The van der Waals surface area contributed by atoms with Gasteiger partial charge in [0.1, 0.15) is 63.6 Å². The fourth-order valence-corrected chi connectivity index (χ4v) is 8.79. The highest BCUT2D eigenvalue weighted by Crippen LogP contribution is 2.56. The van der Waals surface area contributed by atoms with Crippen LogP contribution < -0.4 is 22.5 Å². The number of aliphatic hydroxyl groups excluding tert-OH is 2. The Kier molecular flexibility index (Phi) is 13.9. The molecule has 0 aliphatic carbocycles. The highest BCUT2D eigenvalue weighted by atomic mass is 32.2. The van der Waals surface area contributed by atoms with Crippen LogP contribution in [0.25, 0.3) is 11.2 Å². The third-order valence-electron chi connectivity index (χ3n) is 8.87. The van der Waals surface area contributed by atoms with E-state index >= 15 is 0 Å². The molecule has 58 heavy (non-hydrogen) atoms. The van der Waals surface area contributed by atoms with Gasteiger partial charge in [-0.25, -0.2) is 37.5 Å². The number of allylic oxidation sites excluding steroid dienone is 1. The second kappa shape index (κ2) is 17.9. The molecule has 26 nitrogen and oxygen atoms in total. The van der Waals surface area contributed by atoms with E-state index in [2.05, 4.69) is 36.4 Å². The minimum Gasteiger partial charge on any atom is -0.455 e. The zero-order valence-corrected chi connectivity index (χ0v) is 32.9. The molecular formula is C29H41N9O17P2S. The number of anilines is 2. The molecule has 0 saturated carbocycles. The summed E-state index contributed by atoms with van der Waals surface area (Å²) in [5, 5.41) is 25.2. The molecule has 2 aliphatic heterocycles. The molecule has 2 saturated heterocycles. The number of imidazole rings is 1. The molecule has 1 unspecified atom stereocenters. The molecule has 0 radical (unpaired) electrons. The summed E-state index contributed by atoms with van der Waals surface area (Å²) >= 11 is 0. The van der Waals surface area contributed by atoms with Gasteiger partial charge in [-0.1, -0.05) is 6.08 Å². The zero-order valence-electron chi connectivity index (χ0n) is 30.3. The predicted molar refractivity (Wildman–Crippen MR) is 196 cm³/mol. The number of nitrogen functional groups attached to an aromatic ring is 2. The summed E-state index contributed by atoms with van der Waals surface area (Å²) in [6.07, 6.45) is -7.29. The van der Waals surface area contributed by atoms with Crippen LogP contribution in [0.4, 0.5) is 11.6 Å². The Balaban J connectivity index is 1.45. The second-order valence-electron chi connectivity index (χ2n) is 13.1. The number of hydrogen-bond donors (Lipinski definition) is 8. The fraction of sp³-hybridized carbons (Fsp3) is 0.552. The SMILES string of the molecule is C=CCCC(=O)N[C@@H](CCS(C)(=O)=O)C(=O)O[C@H]1[C@@H](O)[C@H](n2cnc3c(N)ncnc32)O[C@@H]1COP(=O)(O)[C@H]1[C@@H](O)[C@H](n2ccc(N)nc2=O)O[C@@H]1COP(=O)(O)O. The molecule has 5 rings (SSSR count). The van der Waals surface area contributed by atoms with Crippen molar-refractivity contribution in [2.24, 2.45) is 0 Å². The van der Waals surface area contributed by atoms with Crippen LogP contribution in [0.2, 0.25) is 0 Å². The third-order valence-corrected chi connectivity index (χ3v) is 12.2. The van der Waals surface area contributed by atoms with Gasteiger partial charge >= 0.3 is 27.1 Å². The first-order valence-corrected chi connectivity index (χ1v) is 22.2. The van der Waals surface area contributed by atoms with Gasteiger partial charge in [-0.05, 0) is 18.9 Å². The summed E-state index contributed by atoms with van der Waals surface area (Å²) in [4.78, 5) is 84.3. The molecule has 2 fully saturated rings. The lowest BCUT2D eigenvalue weighted by Gasteiger charge is -2.27. The minimum atomic E-state index is -5.31. The second-order valence-corrected chi connectivity index (χ2v) is 18.6. The lowest BCUT2D eigenvalue weighted by molar-refractivity contribution is -0.160. The van der Waals surface area contributed by atoms with Gasteiger partial charge in [0, 0.05) is 18.9 Å². The maximum atomic E-state index is 14.0. The summed E-state index contributed by atoms with van der Waals surface area (Å²) in [6, 6.07) is -0.432. The number of ether oxygens (including phenoxy) is 3. The highest BCUT2D eigenvalue weighted by molar-refractivity contribution is 7.90. The van der Waals surface area contributed by atoms with Gasteiger partial charge in [-0.3, -0.25) is 23.0 Å². The molecule has 29 heteroatoms. The van der Waals surface area contributed by atoms with Crippen LogP contribution in [0.1, 0.15) is 31.7 Å². The molecule has 10 N–H and O–H groups in total. The number of amides is 1. The third kappa shape index (κ3) is 10.7. The van der Waals surface area contributed by atoms with Gasteiger partial charge in [0.05, 0.1) is 25.3 Å². The average molecular weight is 882 g/mol. The number of nitrogens with zero attached hydrogens (tertiary/aromatic N) is 6. The molecule has 0 aromatic carbocycles. The van der Waals surface area contributed by atoms with Crippen molar-refractivity contribution in [2.75, 3.05) is 36.7 Å². The number of esters is 1. The molecule has 5 heterocycles. The Morgan fingerprint density at radius 3 is 2.38 bits per heavy atom. The number of carbonyl (C=O) groups excluding carboxylic acids is 2. The molecule has 1 amide bonds. The predicted octanol–water partition coefficient (Wildman–Crippen LogP) is -2.76. The first-order valence-electron chi connectivity index (χ1n) is 17.0. The van der Waals surface area contributed by atoms with E-state index in [0.717, 1.165) is 31.2 Å². The standard InChI is InChI=1S/C29H41N9O17P2S/c1-3-4-5-18(39)35-14(7-9-58(2,49)50)28(42)55-22-15(53-26(20(22)40)38-13-34-19-24(31)32-12-33-25(19)38)10-51-56(44,45)23-16(11-52-57(46,47)48)54-27(21(23)41)37-8-6-17(30)36-29(37)43/h3,6,8,12-16,20-23,26-27,40-41H,1,4-5,7,9-11H2,2H3,(H,35,39)(H,44,45)(H2,30,36,43)(H2,31,32,33)(H2,46,47,48)/t14-,15+,16+,20+,21+,22+,23+,26+,27+/m0/s1. The molecule has 3 aromatic heterocycles. The summed E-state index contributed by atoms with van der Waals surface area (Å²) in [5.41, 5.74) is 8.40. The number of phosphoric ester groups is 1. The number of carbonyl (C=O) groups is 2. The Bertz CT molecular complexity index is 2270. The monoisotopic (exact) mass is 881 g/mol. The molecule has 0 bridgehead atoms. The number of fused-ring (bicyclic) bond motifs is 1. The van der Waals surface area contributed by atoms with Crippen LogP contribution in [0.5, 0.6) is 0 Å². The number of aliphatic hydroxyl groups is 2. The van der Waals surface area contributed by atoms with Crippen molar-refractivity contribution < 1.29 is 75.3 Å². The molecule has 320 valence electrons. The Morgan fingerprint density at radius 1 is 1.05 bits per heavy atom. The van der Waals surface area contributed by atoms with Gasteiger partial charge < -0.3 is 60.4 Å². The average Bonchev–Trinajstić information content (AvgIpc) is 3.80. The molecule has 0 spiro atoms. The summed E-state index contributed by atoms with van der Waals surface area (Å²) in [6.45, 7) is 1.40. The Hall–Kier alpha value is -4.24. The van der Waals surface area contributed by atoms with Crippen LogP contribution in [0.15, 0.2) is 42.4 Å². The smallest absolute Gasteiger partial charge is 0.455 e.